The van der Waals surface area contributed by atoms with Crippen molar-refractivity contribution in [1.29, 1.82) is 0 Å². The summed E-state index contributed by atoms with van der Waals surface area (Å²) in [7, 11) is 0. The highest BCUT2D eigenvalue weighted by molar-refractivity contribution is 5.79. The third-order valence-electron chi connectivity index (χ3n) is 1.92. The number of carbonyl (C=O) groups is 1. The highest BCUT2D eigenvalue weighted by atomic mass is 19.3. The molecule has 0 saturated carbocycles. The molecule has 1 amide bonds. The monoisotopic (exact) mass is 193 g/mol. The summed E-state index contributed by atoms with van der Waals surface area (Å²) in [5, 5.41) is 0. The molecule has 1 heterocycles. The molecule has 0 radical (unpaired) electrons. The Morgan fingerprint density at radius 1 is 1.38 bits per heavy atom. The van der Waals surface area contributed by atoms with Crippen LogP contribution in [0, 0.1) is 0 Å². The van der Waals surface area contributed by atoms with Gasteiger partial charge in [0.25, 0.3) is 5.91 Å². The van der Waals surface area contributed by atoms with Crippen molar-refractivity contribution in [2.24, 2.45) is 0 Å². The van der Waals surface area contributed by atoms with Crippen LogP contribution >= 0.6 is 0 Å². The lowest BCUT2D eigenvalue weighted by Crippen LogP contribution is -2.50. The number of ether oxygens (including phenoxy) is 1. The SMILES string of the molecule is CC1CN(C(=O)C(F)F)CC(C)O1. The predicted molar refractivity (Wildman–Crippen MR) is 42.6 cm³/mol. The molecule has 0 N–H and O–H groups in total. The van der Waals surface area contributed by atoms with Crippen molar-refractivity contribution < 1.29 is 18.3 Å². The van der Waals surface area contributed by atoms with E-state index in [1.165, 1.54) is 0 Å². The molecule has 5 heteroatoms. The first kappa shape index (κ1) is 10.4. The van der Waals surface area contributed by atoms with Crippen molar-refractivity contribution >= 4 is 5.91 Å². The summed E-state index contributed by atoms with van der Waals surface area (Å²) in [4.78, 5) is 12.1. The van der Waals surface area contributed by atoms with Crippen LogP contribution in [-0.2, 0) is 9.53 Å². The Kier molecular flexibility index (Phi) is 3.19. The van der Waals surface area contributed by atoms with Crippen LogP contribution in [0.4, 0.5) is 8.78 Å². The second kappa shape index (κ2) is 4.00. The normalized spacial score (nSPS) is 29.5. The molecule has 0 aromatic heterocycles. The molecule has 13 heavy (non-hydrogen) atoms. The minimum absolute atomic E-state index is 0.161. The van der Waals surface area contributed by atoms with Gasteiger partial charge in [0, 0.05) is 13.1 Å². The molecule has 76 valence electrons. The zero-order chi connectivity index (χ0) is 10.0. The standard InChI is InChI=1S/C8H13F2NO2/c1-5-3-11(4-6(2)13-5)8(12)7(9)10/h5-7H,3-4H2,1-2H3. The maximum absolute atomic E-state index is 12.0. The van der Waals surface area contributed by atoms with Gasteiger partial charge in [-0.1, -0.05) is 0 Å². The Morgan fingerprint density at radius 3 is 2.23 bits per heavy atom. The van der Waals surface area contributed by atoms with Gasteiger partial charge in [0.1, 0.15) is 0 Å². The zero-order valence-corrected chi connectivity index (χ0v) is 7.67. The average Bonchev–Trinajstić information content (AvgIpc) is 2.01. The molecule has 0 aliphatic carbocycles. The molecule has 0 spiro atoms. The van der Waals surface area contributed by atoms with Gasteiger partial charge in [0.2, 0.25) is 0 Å². The first-order valence-electron chi connectivity index (χ1n) is 4.23. The summed E-state index contributed by atoms with van der Waals surface area (Å²) in [5.74, 6) is -1.10. The summed E-state index contributed by atoms with van der Waals surface area (Å²) < 4.78 is 29.4. The van der Waals surface area contributed by atoms with E-state index >= 15 is 0 Å². The van der Waals surface area contributed by atoms with Gasteiger partial charge in [-0.05, 0) is 13.8 Å². The Balaban J connectivity index is 2.55. The van der Waals surface area contributed by atoms with Gasteiger partial charge in [-0.15, -0.1) is 0 Å². The van der Waals surface area contributed by atoms with Crippen LogP contribution in [0.1, 0.15) is 13.8 Å². The maximum Gasteiger partial charge on any atom is 0.315 e. The van der Waals surface area contributed by atoms with Crippen LogP contribution in [0.2, 0.25) is 0 Å². The Labute approximate surface area is 75.7 Å². The molecule has 0 aromatic carbocycles. The lowest BCUT2D eigenvalue weighted by Gasteiger charge is -2.35. The van der Waals surface area contributed by atoms with Crippen molar-refractivity contribution in [2.75, 3.05) is 13.1 Å². The topological polar surface area (TPSA) is 29.5 Å². The summed E-state index contributed by atoms with van der Waals surface area (Å²) in [6.45, 7) is 4.05. The van der Waals surface area contributed by atoms with Crippen molar-refractivity contribution in [3.63, 3.8) is 0 Å². The average molecular weight is 193 g/mol. The predicted octanol–water partition coefficient (Wildman–Crippen LogP) is 0.887. The second-order valence-corrected chi connectivity index (χ2v) is 3.30. The molecular weight excluding hydrogens is 180 g/mol. The van der Waals surface area contributed by atoms with E-state index in [4.69, 9.17) is 4.74 Å². The van der Waals surface area contributed by atoms with E-state index in [0.717, 1.165) is 4.90 Å². The molecule has 1 fully saturated rings. The Hall–Kier alpha value is -0.710. The molecule has 0 aromatic rings. The molecule has 2 atom stereocenters. The van der Waals surface area contributed by atoms with Gasteiger partial charge in [-0.3, -0.25) is 4.79 Å². The van der Waals surface area contributed by atoms with Crippen LogP contribution < -0.4 is 0 Å². The molecular formula is C8H13F2NO2. The van der Waals surface area contributed by atoms with Crippen molar-refractivity contribution in [1.82, 2.24) is 4.90 Å². The van der Waals surface area contributed by atoms with Crippen molar-refractivity contribution in [3.05, 3.63) is 0 Å². The Bertz CT molecular complexity index is 189. The number of rotatable bonds is 1. The van der Waals surface area contributed by atoms with Crippen LogP contribution in [0.15, 0.2) is 0 Å². The lowest BCUT2D eigenvalue weighted by molar-refractivity contribution is -0.154. The van der Waals surface area contributed by atoms with Crippen LogP contribution in [0.5, 0.6) is 0 Å². The fourth-order valence-corrected chi connectivity index (χ4v) is 1.50. The number of morpholine rings is 1. The summed E-state index contributed by atoms with van der Waals surface area (Å²) >= 11 is 0. The minimum atomic E-state index is -2.91. The molecule has 3 nitrogen and oxygen atoms in total. The number of halogens is 2. The van der Waals surface area contributed by atoms with Gasteiger partial charge >= 0.3 is 6.43 Å². The molecule has 1 aliphatic rings. The van der Waals surface area contributed by atoms with E-state index in [-0.39, 0.29) is 25.3 Å². The van der Waals surface area contributed by atoms with E-state index in [1.807, 2.05) is 0 Å². The second-order valence-electron chi connectivity index (χ2n) is 3.30. The van der Waals surface area contributed by atoms with Gasteiger partial charge < -0.3 is 9.64 Å². The quantitative estimate of drug-likeness (QED) is 0.619. The lowest BCUT2D eigenvalue weighted by atomic mass is 10.2. The van der Waals surface area contributed by atoms with Crippen LogP contribution in [0.25, 0.3) is 0 Å². The van der Waals surface area contributed by atoms with Crippen LogP contribution in [-0.4, -0.2) is 42.5 Å². The van der Waals surface area contributed by atoms with Crippen LogP contribution in [0.3, 0.4) is 0 Å². The van der Waals surface area contributed by atoms with Crippen molar-refractivity contribution in [3.8, 4) is 0 Å². The smallest absolute Gasteiger partial charge is 0.315 e. The number of carbonyl (C=O) groups excluding carboxylic acids is 1. The Morgan fingerprint density at radius 2 is 1.85 bits per heavy atom. The van der Waals surface area contributed by atoms with Crippen molar-refractivity contribution in [2.45, 2.75) is 32.5 Å². The van der Waals surface area contributed by atoms with E-state index < -0.39 is 12.3 Å². The maximum atomic E-state index is 12.0. The van der Waals surface area contributed by atoms with E-state index in [9.17, 15) is 13.6 Å². The van der Waals surface area contributed by atoms with E-state index in [2.05, 4.69) is 0 Å². The minimum Gasteiger partial charge on any atom is -0.372 e. The number of alkyl halides is 2. The largest absolute Gasteiger partial charge is 0.372 e. The molecule has 0 bridgehead atoms. The highest BCUT2D eigenvalue weighted by Crippen LogP contribution is 2.12. The third-order valence-corrected chi connectivity index (χ3v) is 1.92. The number of hydrogen-bond donors (Lipinski definition) is 0. The molecule has 2 unspecified atom stereocenters. The first-order valence-corrected chi connectivity index (χ1v) is 4.23. The van der Waals surface area contributed by atoms with Gasteiger partial charge in [-0.25, -0.2) is 0 Å². The van der Waals surface area contributed by atoms with E-state index in [1.54, 1.807) is 13.8 Å². The summed E-state index contributed by atoms with van der Waals surface area (Å²) in [5.41, 5.74) is 0. The number of hydrogen-bond acceptors (Lipinski definition) is 2. The summed E-state index contributed by atoms with van der Waals surface area (Å²) in [6, 6.07) is 0. The first-order chi connectivity index (χ1) is 6.00. The highest BCUT2D eigenvalue weighted by Gasteiger charge is 2.30. The fraction of sp³-hybridized carbons (Fsp3) is 0.875. The number of amides is 1. The third kappa shape index (κ3) is 2.62. The van der Waals surface area contributed by atoms with Gasteiger partial charge in [-0.2, -0.15) is 8.78 Å². The van der Waals surface area contributed by atoms with Gasteiger partial charge in [0.15, 0.2) is 0 Å². The molecule has 1 aliphatic heterocycles. The zero-order valence-electron chi connectivity index (χ0n) is 7.67. The molecule has 1 saturated heterocycles. The van der Waals surface area contributed by atoms with Gasteiger partial charge in [0.05, 0.1) is 12.2 Å². The summed E-state index contributed by atoms with van der Waals surface area (Å²) in [6.07, 6.45) is -3.23. The molecule has 1 rings (SSSR count). The van der Waals surface area contributed by atoms with E-state index in [0.29, 0.717) is 0 Å². The fourth-order valence-electron chi connectivity index (χ4n) is 1.50. The number of nitrogens with zero attached hydrogens (tertiary/aromatic N) is 1.